The van der Waals surface area contributed by atoms with E-state index in [0.29, 0.717) is 0 Å². The van der Waals surface area contributed by atoms with E-state index in [2.05, 4.69) is 17.2 Å². The molecular formula is H7CoO13P5. The van der Waals surface area contributed by atoms with Crippen molar-refractivity contribution in [3.8, 4) is 0 Å². The first kappa shape index (κ1) is 22.8. The summed E-state index contributed by atoms with van der Waals surface area (Å²) in [6.07, 6.45) is 0. The van der Waals surface area contributed by atoms with Crippen molar-refractivity contribution in [2.24, 2.45) is 0 Å². The molecule has 119 valence electrons. The van der Waals surface area contributed by atoms with Gasteiger partial charge in [0.05, 0.1) is 0 Å². The van der Waals surface area contributed by atoms with Crippen molar-refractivity contribution in [3.05, 3.63) is 0 Å². The maximum Gasteiger partial charge on any atom is 0.490 e. The third-order valence-corrected chi connectivity index (χ3v) is 6.80. The Labute approximate surface area is 118 Å². The summed E-state index contributed by atoms with van der Waals surface area (Å²) >= 11 is 0. The quantitative estimate of drug-likeness (QED) is 0.344. The average molecular weight is 429 g/mol. The number of phosphoric acid groups is 4. The minimum Gasteiger partial charge on any atom is -0.302 e. The second-order valence-electron chi connectivity index (χ2n) is 2.25. The van der Waals surface area contributed by atoms with Crippen LogP contribution >= 0.6 is 40.8 Å². The summed E-state index contributed by atoms with van der Waals surface area (Å²) in [5, 5.41) is 0. The summed E-state index contributed by atoms with van der Waals surface area (Å²) in [5.41, 5.74) is 0. The molecule has 0 amide bonds. The van der Waals surface area contributed by atoms with Crippen molar-refractivity contribution >= 4 is 40.8 Å². The number of rotatable bonds is 7. The van der Waals surface area contributed by atoms with Crippen molar-refractivity contribution in [1.82, 2.24) is 0 Å². The molecular weight excluding hydrogens is 422 g/mol. The molecule has 0 bridgehead atoms. The van der Waals surface area contributed by atoms with Gasteiger partial charge in [-0.15, -0.1) is 0 Å². The second-order valence-corrected chi connectivity index (χ2v) is 8.84. The van der Waals surface area contributed by atoms with E-state index in [1.54, 1.807) is 0 Å². The van der Waals surface area contributed by atoms with Crippen molar-refractivity contribution < 1.29 is 76.7 Å². The van der Waals surface area contributed by atoms with E-state index >= 15 is 0 Å². The summed E-state index contributed by atoms with van der Waals surface area (Å²) in [7, 11) is -20.8. The Morgan fingerprint density at radius 1 is 0.684 bits per heavy atom. The van der Waals surface area contributed by atoms with Crippen LogP contribution in [-0.2, 0) is 52.3 Å². The molecule has 0 aromatic heterocycles. The minimum absolute atomic E-state index is 0. The van der Waals surface area contributed by atoms with Crippen LogP contribution in [0.15, 0.2) is 0 Å². The van der Waals surface area contributed by atoms with Crippen LogP contribution in [0.1, 0.15) is 0 Å². The fourth-order valence-corrected chi connectivity index (χ4v) is 4.88. The Hall–Kier alpha value is 1.50. The molecule has 0 aromatic rings. The van der Waals surface area contributed by atoms with Crippen molar-refractivity contribution in [2.75, 3.05) is 0 Å². The van der Waals surface area contributed by atoms with Gasteiger partial charge in [-0.05, 0) is 0 Å². The predicted molar refractivity (Wildman–Crippen MR) is 55.6 cm³/mol. The molecule has 13 nitrogen and oxygen atoms in total. The maximum atomic E-state index is 10.9. The van der Waals surface area contributed by atoms with E-state index in [4.69, 9.17) is 24.5 Å². The molecule has 5 N–H and O–H groups in total. The summed E-state index contributed by atoms with van der Waals surface area (Å²) in [4.78, 5) is 42.3. The van der Waals surface area contributed by atoms with E-state index < -0.39 is 31.3 Å². The van der Waals surface area contributed by atoms with Gasteiger partial charge in [0.15, 0.2) is 0 Å². The van der Waals surface area contributed by atoms with Gasteiger partial charge in [-0.2, -0.15) is 12.9 Å². The van der Waals surface area contributed by atoms with Gasteiger partial charge >= 0.3 is 31.3 Å². The van der Waals surface area contributed by atoms with Crippen LogP contribution in [0.4, 0.5) is 0 Å². The normalized spacial score (nSPS) is 21.6. The fourth-order valence-electron chi connectivity index (χ4n) is 0.444. The van der Waals surface area contributed by atoms with Gasteiger partial charge in [0.1, 0.15) is 0 Å². The summed E-state index contributed by atoms with van der Waals surface area (Å²) in [5.74, 6) is 0. The predicted octanol–water partition coefficient (Wildman–Crippen LogP) is 0.234. The Morgan fingerprint density at radius 3 is 1.32 bits per heavy atom. The van der Waals surface area contributed by atoms with E-state index in [0.717, 1.165) is 0 Å². The van der Waals surface area contributed by atoms with Crippen LogP contribution in [0, 0.1) is 0 Å². The Balaban J connectivity index is 0. The number of hydrogen-bond donors (Lipinski definition) is 5. The molecule has 19 heteroatoms. The van der Waals surface area contributed by atoms with E-state index in [1.165, 1.54) is 9.47 Å². The molecule has 0 aliphatic rings. The molecule has 0 saturated heterocycles. The van der Waals surface area contributed by atoms with Gasteiger partial charge in [-0.1, -0.05) is 0 Å². The molecule has 0 rings (SSSR count). The topological polar surface area (TPSA) is 206 Å². The Morgan fingerprint density at radius 2 is 1.00 bits per heavy atom. The van der Waals surface area contributed by atoms with Gasteiger partial charge in [0.25, 0.3) is 0 Å². The van der Waals surface area contributed by atoms with E-state index in [-0.39, 0.29) is 16.8 Å². The van der Waals surface area contributed by atoms with Crippen molar-refractivity contribution in [1.29, 1.82) is 0 Å². The zero-order valence-corrected chi connectivity index (χ0v) is 14.0. The summed E-state index contributed by atoms with van der Waals surface area (Å²) < 4.78 is 56.1. The third kappa shape index (κ3) is 11.8. The Bertz CT molecular complexity index is 471. The van der Waals surface area contributed by atoms with Gasteiger partial charge in [-0.25, -0.2) is 18.3 Å². The standard InChI is InChI=1S/Co.H7O13P5/c;1-15(2,3)11-17(6,7)13-18(8,9)12-16(4,5)10-14/h;14H2,(H,4,5)(H,6,7)(H,8,9)(H2,1,2,3). The monoisotopic (exact) mass is 429 g/mol. The molecule has 0 saturated carbocycles. The van der Waals surface area contributed by atoms with Crippen LogP contribution in [0.3, 0.4) is 0 Å². The zero-order chi connectivity index (χ0) is 14.8. The van der Waals surface area contributed by atoms with Crippen LogP contribution in [-0.4, -0.2) is 24.5 Å². The molecule has 4 unspecified atom stereocenters. The van der Waals surface area contributed by atoms with Gasteiger partial charge < -0.3 is 24.5 Å². The molecule has 1 radical (unpaired) electrons. The maximum absolute atomic E-state index is 10.9. The molecule has 19 heavy (non-hydrogen) atoms. The Kier molecular flexibility index (Phi) is 9.19. The smallest absolute Gasteiger partial charge is 0.302 e. The zero-order valence-electron chi connectivity index (χ0n) is 8.20. The van der Waals surface area contributed by atoms with Crippen molar-refractivity contribution in [2.45, 2.75) is 0 Å². The molecule has 0 aromatic carbocycles. The first-order valence-electron chi connectivity index (χ1n) is 3.24. The van der Waals surface area contributed by atoms with Crippen LogP contribution < -0.4 is 0 Å². The minimum atomic E-state index is -5.73. The van der Waals surface area contributed by atoms with Gasteiger partial charge in [-0.3, -0.25) is 4.31 Å². The average Bonchev–Trinajstić information content (AvgIpc) is 1.93. The van der Waals surface area contributed by atoms with E-state index in [9.17, 15) is 18.3 Å². The first-order valence-corrected chi connectivity index (χ1v) is 9.73. The molecule has 0 spiro atoms. The van der Waals surface area contributed by atoms with E-state index in [1.807, 2.05) is 0 Å². The largest absolute Gasteiger partial charge is 0.490 e. The molecule has 0 heterocycles. The number of hydrogen-bond acceptors (Lipinski definition) is 8. The van der Waals surface area contributed by atoms with Crippen LogP contribution in [0.5, 0.6) is 0 Å². The SMILES string of the molecule is O=P(O)(O)OP(=O)(O)OP(=O)(O)OP(=O)(O)OP.[Co]. The summed E-state index contributed by atoms with van der Waals surface area (Å²) in [6.45, 7) is 0. The molecule has 4 atom stereocenters. The van der Waals surface area contributed by atoms with Crippen molar-refractivity contribution in [3.63, 3.8) is 0 Å². The van der Waals surface area contributed by atoms with Crippen LogP contribution in [0.2, 0.25) is 0 Å². The molecule has 0 aliphatic carbocycles. The molecule has 0 fully saturated rings. The molecule has 0 aliphatic heterocycles. The van der Waals surface area contributed by atoms with Gasteiger partial charge in [0.2, 0.25) is 0 Å². The summed E-state index contributed by atoms with van der Waals surface area (Å²) in [6, 6.07) is 0. The second kappa shape index (κ2) is 7.67. The first-order chi connectivity index (χ1) is 7.68. The third-order valence-electron chi connectivity index (χ3n) is 0.755. The fraction of sp³-hybridized carbons (Fsp3) is 0. The van der Waals surface area contributed by atoms with Crippen LogP contribution in [0.25, 0.3) is 0 Å². The van der Waals surface area contributed by atoms with Gasteiger partial charge in [0, 0.05) is 26.2 Å².